The molecule has 122 valence electrons. The van der Waals surface area contributed by atoms with Crippen LogP contribution in [0.3, 0.4) is 0 Å². The van der Waals surface area contributed by atoms with Crippen LogP contribution in [0.25, 0.3) is 0 Å². The maximum absolute atomic E-state index is 5.94. The van der Waals surface area contributed by atoms with E-state index in [9.17, 15) is 0 Å². The SMILES string of the molecule is CC(C)Cc1ccc(Oc2cccc(Oc3ccccc3)c2)cc1. The number of hydrogen-bond acceptors (Lipinski definition) is 2. The van der Waals surface area contributed by atoms with E-state index in [2.05, 4.69) is 26.0 Å². The smallest absolute Gasteiger partial charge is 0.131 e. The fraction of sp³-hybridized carbons (Fsp3) is 0.182. The molecule has 0 amide bonds. The summed E-state index contributed by atoms with van der Waals surface area (Å²) in [6.07, 6.45) is 1.08. The summed E-state index contributed by atoms with van der Waals surface area (Å²) in [5, 5.41) is 0. The predicted octanol–water partition coefficient (Wildman–Crippen LogP) is 6.47. The molecular weight excluding hydrogens is 296 g/mol. The van der Waals surface area contributed by atoms with Gasteiger partial charge in [-0.1, -0.05) is 50.2 Å². The maximum atomic E-state index is 5.94. The van der Waals surface area contributed by atoms with Gasteiger partial charge in [0.05, 0.1) is 0 Å². The molecule has 0 atom stereocenters. The minimum absolute atomic E-state index is 0.656. The fourth-order valence-corrected chi connectivity index (χ4v) is 2.53. The quantitative estimate of drug-likeness (QED) is 0.518. The van der Waals surface area contributed by atoms with Gasteiger partial charge in [-0.25, -0.2) is 0 Å². The molecule has 0 aliphatic heterocycles. The second-order valence-corrected chi connectivity index (χ2v) is 6.23. The van der Waals surface area contributed by atoms with Crippen molar-refractivity contribution in [2.24, 2.45) is 5.92 Å². The number of benzene rings is 3. The van der Waals surface area contributed by atoms with E-state index in [-0.39, 0.29) is 0 Å². The van der Waals surface area contributed by atoms with E-state index in [1.807, 2.05) is 66.7 Å². The minimum Gasteiger partial charge on any atom is -0.457 e. The van der Waals surface area contributed by atoms with E-state index in [0.29, 0.717) is 5.92 Å². The summed E-state index contributed by atoms with van der Waals surface area (Å²) in [6, 6.07) is 25.7. The van der Waals surface area contributed by atoms with Gasteiger partial charge in [-0.15, -0.1) is 0 Å². The topological polar surface area (TPSA) is 18.5 Å². The van der Waals surface area contributed by atoms with Gasteiger partial charge in [-0.2, -0.15) is 0 Å². The van der Waals surface area contributed by atoms with Crippen molar-refractivity contribution in [3.8, 4) is 23.0 Å². The Morgan fingerprint density at radius 1 is 0.625 bits per heavy atom. The number of rotatable bonds is 6. The molecule has 0 unspecified atom stereocenters. The van der Waals surface area contributed by atoms with Gasteiger partial charge in [-0.3, -0.25) is 0 Å². The lowest BCUT2D eigenvalue weighted by atomic mass is 10.0. The third kappa shape index (κ3) is 4.63. The van der Waals surface area contributed by atoms with Crippen molar-refractivity contribution < 1.29 is 9.47 Å². The molecule has 0 N–H and O–H groups in total. The Bertz CT molecular complexity index is 761. The van der Waals surface area contributed by atoms with E-state index in [1.165, 1.54) is 5.56 Å². The Labute approximate surface area is 143 Å². The van der Waals surface area contributed by atoms with Crippen LogP contribution in [-0.2, 0) is 6.42 Å². The van der Waals surface area contributed by atoms with Gasteiger partial charge < -0.3 is 9.47 Å². The van der Waals surface area contributed by atoms with Crippen LogP contribution in [0.5, 0.6) is 23.0 Å². The fourth-order valence-electron chi connectivity index (χ4n) is 2.53. The molecule has 0 saturated heterocycles. The molecule has 3 aromatic rings. The Hall–Kier alpha value is -2.74. The van der Waals surface area contributed by atoms with E-state index in [1.54, 1.807) is 0 Å². The average Bonchev–Trinajstić information content (AvgIpc) is 2.57. The summed E-state index contributed by atoms with van der Waals surface area (Å²) < 4.78 is 11.8. The Morgan fingerprint density at radius 2 is 1.17 bits per heavy atom. The highest BCUT2D eigenvalue weighted by atomic mass is 16.5. The highest BCUT2D eigenvalue weighted by Crippen LogP contribution is 2.28. The van der Waals surface area contributed by atoms with Gasteiger partial charge >= 0.3 is 0 Å². The van der Waals surface area contributed by atoms with Crippen molar-refractivity contribution >= 4 is 0 Å². The van der Waals surface area contributed by atoms with Crippen molar-refractivity contribution in [3.63, 3.8) is 0 Å². The van der Waals surface area contributed by atoms with Crippen molar-refractivity contribution in [1.29, 1.82) is 0 Å². The molecule has 3 rings (SSSR count). The summed E-state index contributed by atoms with van der Waals surface area (Å²) >= 11 is 0. The Balaban J connectivity index is 1.68. The van der Waals surface area contributed by atoms with E-state index in [0.717, 1.165) is 29.4 Å². The lowest BCUT2D eigenvalue weighted by molar-refractivity contribution is 0.460. The summed E-state index contributed by atoms with van der Waals surface area (Å²) in [4.78, 5) is 0. The molecule has 0 aromatic heterocycles. The van der Waals surface area contributed by atoms with Crippen LogP contribution in [0.4, 0.5) is 0 Å². The molecule has 0 spiro atoms. The maximum Gasteiger partial charge on any atom is 0.131 e. The van der Waals surface area contributed by atoms with E-state index >= 15 is 0 Å². The molecule has 0 heterocycles. The van der Waals surface area contributed by atoms with E-state index < -0.39 is 0 Å². The summed E-state index contributed by atoms with van der Waals surface area (Å²) in [7, 11) is 0. The first kappa shape index (κ1) is 16.1. The largest absolute Gasteiger partial charge is 0.457 e. The monoisotopic (exact) mass is 318 g/mol. The van der Waals surface area contributed by atoms with Crippen LogP contribution in [0.15, 0.2) is 78.9 Å². The first-order valence-electron chi connectivity index (χ1n) is 8.29. The van der Waals surface area contributed by atoms with Gasteiger partial charge in [0.1, 0.15) is 23.0 Å². The van der Waals surface area contributed by atoms with Gasteiger partial charge in [-0.05, 0) is 54.3 Å². The first-order valence-corrected chi connectivity index (χ1v) is 8.29. The molecule has 3 aromatic carbocycles. The first-order chi connectivity index (χ1) is 11.7. The van der Waals surface area contributed by atoms with Crippen molar-refractivity contribution in [2.45, 2.75) is 20.3 Å². The van der Waals surface area contributed by atoms with Crippen LogP contribution < -0.4 is 9.47 Å². The minimum atomic E-state index is 0.656. The highest BCUT2D eigenvalue weighted by Gasteiger charge is 2.03. The second-order valence-electron chi connectivity index (χ2n) is 6.23. The molecule has 0 aliphatic rings. The zero-order valence-electron chi connectivity index (χ0n) is 14.1. The standard InChI is InChI=1S/C22H22O2/c1-17(2)15-18-11-13-20(14-12-18)24-22-10-6-9-21(16-22)23-19-7-4-3-5-8-19/h3-14,16-17H,15H2,1-2H3. The zero-order valence-corrected chi connectivity index (χ0v) is 14.1. The summed E-state index contributed by atoms with van der Waals surface area (Å²) in [6.45, 7) is 4.45. The highest BCUT2D eigenvalue weighted by molar-refractivity contribution is 5.39. The molecule has 0 radical (unpaired) electrons. The Morgan fingerprint density at radius 3 is 1.75 bits per heavy atom. The summed E-state index contributed by atoms with van der Waals surface area (Å²) in [5.74, 6) is 3.82. The van der Waals surface area contributed by atoms with Crippen molar-refractivity contribution in [1.82, 2.24) is 0 Å². The van der Waals surface area contributed by atoms with Gasteiger partial charge in [0.2, 0.25) is 0 Å². The van der Waals surface area contributed by atoms with Gasteiger partial charge in [0, 0.05) is 6.07 Å². The normalized spacial score (nSPS) is 10.6. The molecule has 2 heteroatoms. The molecule has 0 aliphatic carbocycles. The zero-order chi connectivity index (χ0) is 16.8. The van der Waals surface area contributed by atoms with Crippen molar-refractivity contribution in [3.05, 3.63) is 84.4 Å². The second kappa shape index (κ2) is 7.69. The molecule has 0 fully saturated rings. The third-order valence-electron chi connectivity index (χ3n) is 3.59. The van der Waals surface area contributed by atoms with Crippen molar-refractivity contribution in [2.75, 3.05) is 0 Å². The lowest BCUT2D eigenvalue weighted by Gasteiger charge is -2.10. The van der Waals surface area contributed by atoms with Crippen LogP contribution in [0, 0.1) is 5.92 Å². The number of para-hydroxylation sites is 1. The Kier molecular flexibility index (Phi) is 5.17. The summed E-state index contributed by atoms with van der Waals surface area (Å²) in [5.41, 5.74) is 1.33. The lowest BCUT2D eigenvalue weighted by Crippen LogP contribution is -1.93. The number of hydrogen-bond donors (Lipinski definition) is 0. The van der Waals surface area contributed by atoms with Gasteiger partial charge in [0.25, 0.3) is 0 Å². The molecule has 0 saturated carbocycles. The van der Waals surface area contributed by atoms with Crippen LogP contribution in [0.2, 0.25) is 0 Å². The van der Waals surface area contributed by atoms with Gasteiger partial charge in [0.15, 0.2) is 0 Å². The third-order valence-corrected chi connectivity index (χ3v) is 3.59. The molecule has 2 nitrogen and oxygen atoms in total. The molecule has 0 bridgehead atoms. The van der Waals surface area contributed by atoms with Crippen LogP contribution >= 0.6 is 0 Å². The average molecular weight is 318 g/mol. The predicted molar refractivity (Wildman–Crippen MR) is 98.0 cm³/mol. The molecule has 24 heavy (non-hydrogen) atoms. The van der Waals surface area contributed by atoms with E-state index in [4.69, 9.17) is 9.47 Å². The molecular formula is C22H22O2. The number of ether oxygens (including phenoxy) is 2. The van der Waals surface area contributed by atoms with Crippen LogP contribution in [-0.4, -0.2) is 0 Å². The van der Waals surface area contributed by atoms with Crippen LogP contribution in [0.1, 0.15) is 19.4 Å².